The van der Waals surface area contributed by atoms with Gasteiger partial charge in [0.1, 0.15) is 23.3 Å². The molecular formula is C23H20N2O6. The molecule has 158 valence electrons. The van der Waals surface area contributed by atoms with Gasteiger partial charge in [0.2, 0.25) is 11.8 Å². The molecule has 0 aliphatic carbocycles. The molecule has 1 atom stereocenters. The van der Waals surface area contributed by atoms with Crippen molar-refractivity contribution >= 4 is 17.8 Å². The number of hydrogen-bond acceptors (Lipinski definition) is 7. The zero-order valence-corrected chi connectivity index (χ0v) is 16.9. The number of nitrogens with two attached hydrogens (primary N) is 1. The summed E-state index contributed by atoms with van der Waals surface area (Å²) in [6.07, 6.45) is 0. The summed E-state index contributed by atoms with van der Waals surface area (Å²) in [4.78, 5) is 39.4. The number of nitrogens with one attached hydrogen (secondary N) is 1. The molecule has 8 nitrogen and oxygen atoms in total. The van der Waals surface area contributed by atoms with Crippen molar-refractivity contribution in [2.24, 2.45) is 5.73 Å². The van der Waals surface area contributed by atoms with Crippen LogP contribution in [-0.4, -0.2) is 25.0 Å². The lowest BCUT2D eigenvalue weighted by Gasteiger charge is -2.35. The Morgan fingerprint density at radius 3 is 2.42 bits per heavy atom. The van der Waals surface area contributed by atoms with E-state index in [1.54, 1.807) is 31.2 Å². The van der Waals surface area contributed by atoms with Gasteiger partial charge < -0.3 is 25.3 Å². The van der Waals surface area contributed by atoms with Crippen molar-refractivity contribution in [1.29, 1.82) is 0 Å². The van der Waals surface area contributed by atoms with Crippen molar-refractivity contribution in [2.75, 3.05) is 7.11 Å². The molecule has 1 unspecified atom stereocenters. The van der Waals surface area contributed by atoms with Gasteiger partial charge in [0.25, 0.3) is 0 Å². The van der Waals surface area contributed by atoms with Crippen LogP contribution < -0.4 is 15.8 Å². The number of amides is 1. The Hall–Kier alpha value is -4.07. The van der Waals surface area contributed by atoms with Crippen LogP contribution in [0.5, 0.6) is 5.75 Å². The van der Waals surface area contributed by atoms with Crippen LogP contribution in [0.3, 0.4) is 0 Å². The molecule has 0 bridgehead atoms. The van der Waals surface area contributed by atoms with Crippen LogP contribution in [0.25, 0.3) is 0 Å². The van der Waals surface area contributed by atoms with E-state index >= 15 is 0 Å². The molecule has 2 aromatic carbocycles. The standard InChI is InChI=1S/C23H20N2O6/c1-13-17(21(27)30-12-14-8-4-3-5-9-14)23(22(28)25-13)15-10-6-7-11-16(15)31-19(24)18(23)20(26)29-2/h3-11H,12,24H2,1-2H3,(H,25,28). The van der Waals surface area contributed by atoms with Gasteiger partial charge in [-0.1, -0.05) is 48.5 Å². The Morgan fingerprint density at radius 2 is 1.71 bits per heavy atom. The Morgan fingerprint density at radius 1 is 1.03 bits per heavy atom. The molecule has 1 spiro atoms. The fraction of sp³-hybridized carbons (Fsp3) is 0.174. The number of rotatable bonds is 4. The highest BCUT2D eigenvalue weighted by Gasteiger charge is 2.61. The summed E-state index contributed by atoms with van der Waals surface area (Å²) in [5.41, 5.74) is 5.23. The first-order chi connectivity index (χ1) is 14.9. The third-order valence-corrected chi connectivity index (χ3v) is 5.33. The zero-order chi connectivity index (χ0) is 22.2. The average molecular weight is 420 g/mol. The molecule has 8 heteroatoms. The molecule has 2 aliphatic heterocycles. The summed E-state index contributed by atoms with van der Waals surface area (Å²) in [6, 6.07) is 15.7. The van der Waals surface area contributed by atoms with Gasteiger partial charge in [0, 0.05) is 11.3 Å². The molecule has 0 aromatic heterocycles. The molecule has 0 saturated heterocycles. The van der Waals surface area contributed by atoms with Crippen molar-refractivity contribution in [3.8, 4) is 5.75 Å². The van der Waals surface area contributed by atoms with E-state index in [4.69, 9.17) is 19.9 Å². The maximum atomic E-state index is 13.4. The van der Waals surface area contributed by atoms with E-state index in [1.807, 2.05) is 30.3 Å². The van der Waals surface area contributed by atoms with Gasteiger partial charge in [-0.15, -0.1) is 0 Å². The minimum absolute atomic E-state index is 0.00831. The van der Waals surface area contributed by atoms with Gasteiger partial charge in [0.15, 0.2) is 0 Å². The van der Waals surface area contributed by atoms with Crippen LogP contribution in [0.1, 0.15) is 18.1 Å². The number of hydrogen-bond donors (Lipinski definition) is 2. The molecule has 2 aromatic rings. The summed E-state index contributed by atoms with van der Waals surface area (Å²) >= 11 is 0. The third kappa shape index (κ3) is 3.04. The number of allylic oxidation sites excluding steroid dienone is 1. The van der Waals surface area contributed by atoms with Crippen LogP contribution in [0.2, 0.25) is 0 Å². The van der Waals surface area contributed by atoms with E-state index in [1.165, 1.54) is 0 Å². The van der Waals surface area contributed by atoms with E-state index < -0.39 is 23.3 Å². The van der Waals surface area contributed by atoms with Crippen LogP contribution in [-0.2, 0) is 35.9 Å². The second kappa shape index (κ2) is 7.64. The predicted molar refractivity (Wildman–Crippen MR) is 109 cm³/mol. The van der Waals surface area contributed by atoms with E-state index in [-0.39, 0.29) is 35.1 Å². The lowest BCUT2D eigenvalue weighted by atomic mass is 9.67. The highest BCUT2D eigenvalue weighted by Crippen LogP contribution is 2.51. The Labute approximate surface area is 178 Å². The number of carbonyl (C=O) groups excluding carboxylic acids is 3. The maximum absolute atomic E-state index is 13.4. The van der Waals surface area contributed by atoms with Crippen molar-refractivity contribution in [2.45, 2.75) is 18.9 Å². The smallest absolute Gasteiger partial charge is 0.340 e. The van der Waals surface area contributed by atoms with Gasteiger partial charge in [-0.25, -0.2) is 9.59 Å². The molecule has 0 saturated carbocycles. The first-order valence-corrected chi connectivity index (χ1v) is 9.51. The first kappa shape index (κ1) is 20.2. The summed E-state index contributed by atoms with van der Waals surface area (Å²) < 4.78 is 16.0. The highest BCUT2D eigenvalue weighted by molar-refractivity contribution is 6.17. The van der Waals surface area contributed by atoms with Gasteiger partial charge in [-0.2, -0.15) is 0 Å². The second-order valence-corrected chi connectivity index (χ2v) is 7.09. The van der Waals surface area contributed by atoms with Crippen molar-refractivity contribution in [3.63, 3.8) is 0 Å². The average Bonchev–Trinajstić information content (AvgIpc) is 3.02. The van der Waals surface area contributed by atoms with Crippen molar-refractivity contribution in [1.82, 2.24) is 5.32 Å². The lowest BCUT2D eigenvalue weighted by Crippen LogP contribution is -2.48. The number of benzene rings is 2. The van der Waals surface area contributed by atoms with Gasteiger partial charge in [-0.05, 0) is 18.6 Å². The second-order valence-electron chi connectivity index (χ2n) is 7.09. The minimum atomic E-state index is -1.86. The summed E-state index contributed by atoms with van der Waals surface area (Å²) in [5.74, 6) is -2.32. The molecular weight excluding hydrogens is 400 g/mol. The van der Waals surface area contributed by atoms with E-state index in [0.29, 0.717) is 5.56 Å². The van der Waals surface area contributed by atoms with E-state index in [2.05, 4.69) is 5.32 Å². The molecule has 31 heavy (non-hydrogen) atoms. The summed E-state index contributed by atoms with van der Waals surface area (Å²) in [7, 11) is 1.16. The fourth-order valence-electron chi connectivity index (χ4n) is 4.03. The lowest BCUT2D eigenvalue weighted by molar-refractivity contribution is -0.142. The molecule has 2 aliphatic rings. The monoisotopic (exact) mass is 420 g/mol. The summed E-state index contributed by atoms with van der Waals surface area (Å²) in [5, 5.41) is 2.66. The Bertz CT molecular complexity index is 1150. The largest absolute Gasteiger partial charge is 0.465 e. The normalized spacial score (nSPS) is 19.6. The topological polar surface area (TPSA) is 117 Å². The van der Waals surface area contributed by atoms with Gasteiger partial charge >= 0.3 is 11.9 Å². The highest BCUT2D eigenvalue weighted by atomic mass is 16.5. The number of ether oxygens (including phenoxy) is 3. The van der Waals surface area contributed by atoms with Crippen LogP contribution in [0.15, 0.2) is 77.3 Å². The van der Waals surface area contributed by atoms with Crippen molar-refractivity contribution in [3.05, 3.63) is 88.5 Å². The quantitative estimate of drug-likeness (QED) is 0.725. The van der Waals surface area contributed by atoms with E-state index in [9.17, 15) is 14.4 Å². The number of para-hydroxylation sites is 1. The van der Waals surface area contributed by atoms with Crippen LogP contribution in [0.4, 0.5) is 0 Å². The number of carbonyl (C=O) groups is 3. The number of fused-ring (bicyclic) bond motifs is 2. The maximum Gasteiger partial charge on any atom is 0.340 e. The van der Waals surface area contributed by atoms with Crippen LogP contribution in [0, 0.1) is 0 Å². The third-order valence-electron chi connectivity index (χ3n) is 5.33. The molecule has 1 amide bonds. The molecule has 3 N–H and O–H groups in total. The molecule has 2 heterocycles. The molecule has 0 fully saturated rings. The van der Waals surface area contributed by atoms with Crippen LogP contribution >= 0.6 is 0 Å². The predicted octanol–water partition coefficient (Wildman–Crippen LogP) is 1.81. The minimum Gasteiger partial charge on any atom is -0.465 e. The van der Waals surface area contributed by atoms with Crippen molar-refractivity contribution < 1.29 is 28.6 Å². The van der Waals surface area contributed by atoms with E-state index in [0.717, 1.165) is 12.7 Å². The SMILES string of the molecule is COC(=O)C1=C(N)Oc2ccccc2C12C(=O)NC(C)=C2C(=O)OCc1ccccc1. The number of methoxy groups -OCH3 is 1. The van der Waals surface area contributed by atoms with Gasteiger partial charge in [0.05, 0.1) is 12.7 Å². The van der Waals surface area contributed by atoms with Gasteiger partial charge in [-0.3, -0.25) is 4.79 Å². The first-order valence-electron chi connectivity index (χ1n) is 9.51. The Balaban J connectivity index is 1.87. The Kier molecular flexibility index (Phi) is 4.98. The number of esters is 2. The zero-order valence-electron chi connectivity index (χ0n) is 16.9. The fourth-order valence-corrected chi connectivity index (χ4v) is 4.03. The molecule has 4 rings (SSSR count). The molecule has 0 radical (unpaired) electrons. The summed E-state index contributed by atoms with van der Waals surface area (Å²) in [6.45, 7) is 1.56.